The molecule has 0 saturated carbocycles. The van der Waals surface area contributed by atoms with Gasteiger partial charge in [0.05, 0.1) is 5.52 Å². The van der Waals surface area contributed by atoms with Crippen molar-refractivity contribution in [2.45, 2.75) is 32.9 Å². The molecular formula is C32H33N3O4. The van der Waals surface area contributed by atoms with Gasteiger partial charge in [0, 0.05) is 36.8 Å². The minimum atomic E-state index is -0.166. The molecule has 1 fully saturated rings. The number of amides is 1. The summed E-state index contributed by atoms with van der Waals surface area (Å²) in [4.78, 5) is 19.7. The number of rotatable bonds is 8. The van der Waals surface area contributed by atoms with Gasteiger partial charge in [-0.25, -0.2) is 0 Å². The Bertz CT molecular complexity index is 1490. The molecule has 1 saturated heterocycles. The van der Waals surface area contributed by atoms with Gasteiger partial charge >= 0.3 is 0 Å². The monoisotopic (exact) mass is 523 g/mol. The molecule has 0 bridgehead atoms. The number of pyridine rings is 1. The lowest BCUT2D eigenvalue weighted by atomic mass is 9.98. The second-order valence-electron chi connectivity index (χ2n) is 10.5. The number of aromatic nitrogens is 1. The van der Waals surface area contributed by atoms with Gasteiger partial charge < -0.3 is 19.5 Å². The standard InChI is InChI=1S/C32H33N3O4/c1-22-5-4-12-35(18-22)19-27-14-24(25-9-11-30-31(15-25)39-21-38-30)8-10-29(27)37-20-32(36)34-17-23-13-26-6-2-3-7-28(26)33-16-23/h2-3,6-11,13-16,22H,4-5,12,17-21H2,1H3,(H,34,36)/t22-/m0/s1. The normalized spacial score (nSPS) is 16.8. The Labute approximate surface area is 228 Å². The minimum Gasteiger partial charge on any atom is -0.483 e. The third kappa shape index (κ3) is 5.99. The molecule has 1 amide bonds. The van der Waals surface area contributed by atoms with E-state index in [1.165, 1.54) is 12.8 Å². The van der Waals surface area contributed by atoms with Gasteiger partial charge in [0.25, 0.3) is 5.91 Å². The Morgan fingerprint density at radius 2 is 1.90 bits per heavy atom. The van der Waals surface area contributed by atoms with Crippen molar-refractivity contribution in [2.24, 2.45) is 5.92 Å². The predicted octanol–water partition coefficient (Wildman–Crippen LogP) is 5.56. The molecule has 1 N–H and O–H groups in total. The van der Waals surface area contributed by atoms with Gasteiger partial charge in [0.15, 0.2) is 18.1 Å². The summed E-state index contributed by atoms with van der Waals surface area (Å²) in [7, 11) is 0. The van der Waals surface area contributed by atoms with Gasteiger partial charge in [0.2, 0.25) is 6.79 Å². The summed E-state index contributed by atoms with van der Waals surface area (Å²) in [6.45, 7) is 5.83. The van der Waals surface area contributed by atoms with Gasteiger partial charge in [-0.1, -0.05) is 37.3 Å². The van der Waals surface area contributed by atoms with Gasteiger partial charge in [-0.3, -0.25) is 14.7 Å². The zero-order valence-corrected chi connectivity index (χ0v) is 22.2. The molecule has 1 atom stereocenters. The van der Waals surface area contributed by atoms with Crippen LogP contribution in [-0.2, 0) is 17.9 Å². The van der Waals surface area contributed by atoms with Crippen molar-refractivity contribution >= 4 is 16.8 Å². The van der Waals surface area contributed by atoms with E-state index in [1.54, 1.807) is 6.20 Å². The maximum absolute atomic E-state index is 12.7. The first-order valence-corrected chi connectivity index (χ1v) is 13.6. The number of hydrogen-bond acceptors (Lipinski definition) is 6. The zero-order chi connectivity index (χ0) is 26.6. The Kier molecular flexibility index (Phi) is 7.32. The van der Waals surface area contributed by atoms with Gasteiger partial charge in [0.1, 0.15) is 5.75 Å². The zero-order valence-electron chi connectivity index (χ0n) is 22.2. The van der Waals surface area contributed by atoms with Crippen LogP contribution >= 0.6 is 0 Å². The number of carbonyl (C=O) groups is 1. The van der Waals surface area contributed by atoms with E-state index in [0.29, 0.717) is 12.5 Å². The van der Waals surface area contributed by atoms with Gasteiger partial charge in [-0.2, -0.15) is 0 Å². The van der Waals surface area contributed by atoms with Crippen LogP contribution in [0, 0.1) is 5.92 Å². The number of piperidine rings is 1. The molecule has 39 heavy (non-hydrogen) atoms. The summed E-state index contributed by atoms with van der Waals surface area (Å²) in [5.74, 6) is 2.78. The van der Waals surface area contributed by atoms with E-state index in [-0.39, 0.29) is 19.3 Å². The van der Waals surface area contributed by atoms with E-state index < -0.39 is 0 Å². The number of carbonyl (C=O) groups excluding carboxylic acids is 1. The Morgan fingerprint density at radius 1 is 1.05 bits per heavy atom. The van der Waals surface area contributed by atoms with Gasteiger partial charge in [-0.15, -0.1) is 0 Å². The molecule has 3 aromatic carbocycles. The SMILES string of the molecule is C[C@H]1CCCN(Cc2cc(-c3ccc4c(c3)OCO4)ccc2OCC(=O)NCc2cnc3ccccc3c2)C1. The number of hydrogen-bond donors (Lipinski definition) is 1. The van der Waals surface area contributed by atoms with E-state index in [1.807, 2.05) is 54.6 Å². The van der Waals surface area contributed by atoms with E-state index in [9.17, 15) is 4.79 Å². The first-order chi connectivity index (χ1) is 19.1. The molecular weight excluding hydrogens is 490 g/mol. The van der Waals surface area contributed by atoms with Crippen LogP contribution in [0.1, 0.15) is 30.9 Å². The fourth-order valence-electron chi connectivity index (χ4n) is 5.38. The maximum Gasteiger partial charge on any atom is 0.258 e. The summed E-state index contributed by atoms with van der Waals surface area (Å²) in [5, 5.41) is 4.02. The van der Waals surface area contributed by atoms with Crippen molar-refractivity contribution in [2.75, 3.05) is 26.5 Å². The molecule has 2 aliphatic rings. The van der Waals surface area contributed by atoms with Crippen LogP contribution in [0.5, 0.6) is 17.2 Å². The van der Waals surface area contributed by atoms with Crippen molar-refractivity contribution in [1.82, 2.24) is 15.2 Å². The lowest BCUT2D eigenvalue weighted by Crippen LogP contribution is -2.34. The molecule has 1 aromatic heterocycles. The van der Waals surface area contributed by atoms with Crippen molar-refractivity contribution < 1.29 is 19.0 Å². The number of benzene rings is 3. The predicted molar refractivity (Wildman–Crippen MR) is 151 cm³/mol. The summed E-state index contributed by atoms with van der Waals surface area (Å²) < 4.78 is 17.2. The highest BCUT2D eigenvalue weighted by Gasteiger charge is 2.20. The van der Waals surface area contributed by atoms with Crippen molar-refractivity contribution in [3.8, 4) is 28.4 Å². The summed E-state index contributed by atoms with van der Waals surface area (Å²) in [6, 6.07) is 22.2. The number of likely N-dealkylation sites (tertiary alicyclic amines) is 1. The fraction of sp³-hybridized carbons (Fsp3) is 0.312. The first kappa shape index (κ1) is 25.2. The average Bonchev–Trinajstić information content (AvgIpc) is 3.43. The number of para-hydroxylation sites is 1. The Balaban J connectivity index is 1.15. The third-order valence-corrected chi connectivity index (χ3v) is 7.40. The molecule has 2 aliphatic heterocycles. The van der Waals surface area contributed by atoms with Crippen LogP contribution in [0.4, 0.5) is 0 Å². The molecule has 0 unspecified atom stereocenters. The molecule has 6 rings (SSSR count). The summed E-state index contributed by atoms with van der Waals surface area (Å²) >= 11 is 0. The fourth-order valence-corrected chi connectivity index (χ4v) is 5.38. The molecule has 7 heteroatoms. The summed E-state index contributed by atoms with van der Waals surface area (Å²) in [5.41, 5.74) is 5.10. The highest BCUT2D eigenvalue weighted by molar-refractivity contribution is 5.80. The molecule has 7 nitrogen and oxygen atoms in total. The second kappa shape index (κ2) is 11.3. The van der Waals surface area contributed by atoms with Gasteiger partial charge in [-0.05, 0) is 78.4 Å². The van der Waals surface area contributed by atoms with Crippen LogP contribution in [0.25, 0.3) is 22.0 Å². The van der Waals surface area contributed by atoms with E-state index in [0.717, 1.165) is 70.0 Å². The van der Waals surface area contributed by atoms with Crippen LogP contribution in [-0.4, -0.2) is 42.3 Å². The minimum absolute atomic E-state index is 0.0478. The molecule has 4 aromatic rings. The second-order valence-corrected chi connectivity index (χ2v) is 10.5. The van der Waals surface area contributed by atoms with E-state index >= 15 is 0 Å². The lowest BCUT2D eigenvalue weighted by Gasteiger charge is -2.31. The Morgan fingerprint density at radius 3 is 2.82 bits per heavy atom. The van der Waals surface area contributed by atoms with Crippen LogP contribution in [0.3, 0.4) is 0 Å². The maximum atomic E-state index is 12.7. The lowest BCUT2D eigenvalue weighted by molar-refractivity contribution is -0.123. The third-order valence-electron chi connectivity index (χ3n) is 7.40. The molecule has 200 valence electrons. The number of fused-ring (bicyclic) bond motifs is 2. The number of nitrogens with zero attached hydrogens (tertiary/aromatic N) is 2. The van der Waals surface area contributed by atoms with E-state index in [4.69, 9.17) is 14.2 Å². The number of nitrogens with one attached hydrogen (secondary N) is 1. The molecule has 0 radical (unpaired) electrons. The molecule has 0 aliphatic carbocycles. The van der Waals surface area contributed by atoms with Crippen molar-refractivity contribution in [1.29, 1.82) is 0 Å². The smallest absolute Gasteiger partial charge is 0.258 e. The largest absolute Gasteiger partial charge is 0.483 e. The quantitative estimate of drug-likeness (QED) is 0.326. The van der Waals surface area contributed by atoms with E-state index in [2.05, 4.69) is 34.3 Å². The van der Waals surface area contributed by atoms with Crippen LogP contribution < -0.4 is 19.5 Å². The molecule has 0 spiro atoms. The van der Waals surface area contributed by atoms with Crippen LogP contribution in [0.2, 0.25) is 0 Å². The average molecular weight is 524 g/mol. The number of ether oxygens (including phenoxy) is 3. The van der Waals surface area contributed by atoms with Crippen LogP contribution in [0.15, 0.2) is 72.9 Å². The highest BCUT2D eigenvalue weighted by atomic mass is 16.7. The van der Waals surface area contributed by atoms with Crippen molar-refractivity contribution in [3.05, 3.63) is 84.1 Å². The highest BCUT2D eigenvalue weighted by Crippen LogP contribution is 2.37. The van der Waals surface area contributed by atoms with Crippen molar-refractivity contribution in [3.63, 3.8) is 0 Å². The Hall–Kier alpha value is -4.10. The first-order valence-electron chi connectivity index (χ1n) is 13.6. The molecule has 3 heterocycles. The topological polar surface area (TPSA) is 72.9 Å². The summed E-state index contributed by atoms with van der Waals surface area (Å²) in [6.07, 6.45) is 4.27.